The first-order chi connectivity index (χ1) is 19.1. The molecule has 2 aromatic carbocycles. The summed E-state index contributed by atoms with van der Waals surface area (Å²) in [4.78, 5) is 26.9. The molecule has 0 unspecified atom stereocenters. The monoisotopic (exact) mass is 559 g/mol. The molecule has 3 heterocycles. The molecule has 1 N–H and O–H groups in total. The van der Waals surface area contributed by atoms with Gasteiger partial charge in [0.05, 0.1) is 10.2 Å². The molecule has 0 spiro atoms. The van der Waals surface area contributed by atoms with E-state index in [2.05, 4.69) is 23.5 Å². The van der Waals surface area contributed by atoms with Crippen molar-refractivity contribution in [2.75, 3.05) is 18.4 Å². The number of rotatable bonds is 7. The Morgan fingerprint density at radius 3 is 2.40 bits per heavy atom. The van der Waals surface area contributed by atoms with Gasteiger partial charge in [-0.3, -0.25) is 4.79 Å². The molecule has 4 aromatic rings. The molecule has 2 amide bonds. The van der Waals surface area contributed by atoms with E-state index in [0.717, 1.165) is 47.3 Å². The summed E-state index contributed by atoms with van der Waals surface area (Å²) in [5.74, 6) is 0.749. The van der Waals surface area contributed by atoms with E-state index < -0.39 is 5.60 Å². The van der Waals surface area contributed by atoms with E-state index in [0.29, 0.717) is 18.8 Å². The lowest BCUT2D eigenvalue weighted by Crippen LogP contribution is -2.44. The van der Waals surface area contributed by atoms with Crippen LogP contribution in [0, 0.1) is 0 Å². The Morgan fingerprint density at radius 1 is 0.975 bits per heavy atom. The Labute approximate surface area is 239 Å². The number of fused-ring (bicyclic) bond motifs is 1. The molecule has 0 radical (unpaired) electrons. The van der Waals surface area contributed by atoms with E-state index in [-0.39, 0.29) is 18.1 Å². The van der Waals surface area contributed by atoms with Crippen molar-refractivity contribution in [2.45, 2.75) is 58.2 Å². The number of nitrogens with one attached hydrogen (secondary N) is 1. The van der Waals surface area contributed by atoms with Gasteiger partial charge in [-0.2, -0.15) is 0 Å². The Kier molecular flexibility index (Phi) is 8.17. The first-order valence-electron chi connectivity index (χ1n) is 13.8. The average molecular weight is 560 g/mol. The molecule has 0 atom stereocenters. The highest BCUT2D eigenvalue weighted by Gasteiger charge is 2.27. The molecule has 40 heavy (non-hydrogen) atoms. The van der Waals surface area contributed by atoms with Gasteiger partial charge < -0.3 is 24.3 Å². The Balaban J connectivity index is 1.09. The van der Waals surface area contributed by atoms with Gasteiger partial charge >= 0.3 is 6.09 Å². The van der Waals surface area contributed by atoms with E-state index in [9.17, 15) is 9.59 Å². The van der Waals surface area contributed by atoms with Gasteiger partial charge in [0.15, 0.2) is 0 Å². The zero-order valence-electron chi connectivity index (χ0n) is 23.6. The van der Waals surface area contributed by atoms with Crippen LogP contribution in [-0.2, 0) is 24.6 Å². The first kappa shape index (κ1) is 27.8. The number of carbonyl (C=O) groups excluding carboxylic acids is 2. The molecule has 1 aliphatic heterocycles. The van der Waals surface area contributed by atoms with Crippen LogP contribution in [0.25, 0.3) is 10.2 Å². The van der Waals surface area contributed by atoms with Crippen molar-refractivity contribution in [1.29, 1.82) is 0 Å². The van der Waals surface area contributed by atoms with E-state index in [1.54, 1.807) is 16.2 Å². The largest absolute Gasteiger partial charge is 0.490 e. The highest BCUT2D eigenvalue weighted by molar-refractivity contribution is 7.17. The lowest BCUT2D eigenvalue weighted by molar-refractivity contribution is 0.0126. The van der Waals surface area contributed by atoms with E-state index >= 15 is 0 Å². The quantitative estimate of drug-likeness (QED) is 0.263. The Morgan fingerprint density at radius 2 is 1.70 bits per heavy atom. The van der Waals surface area contributed by atoms with E-state index in [1.807, 2.05) is 80.2 Å². The molecule has 210 valence electrons. The second-order valence-corrected chi connectivity index (χ2v) is 12.3. The lowest BCUT2D eigenvalue weighted by Gasteiger charge is -2.33. The summed E-state index contributed by atoms with van der Waals surface area (Å²) in [5.41, 5.74) is 4.44. The highest BCUT2D eigenvalue weighted by atomic mass is 32.1. The van der Waals surface area contributed by atoms with Crippen molar-refractivity contribution in [2.24, 2.45) is 7.05 Å². The number of ether oxygens (including phenoxy) is 2. The first-order valence-corrected chi connectivity index (χ1v) is 14.7. The number of aromatic nitrogens is 1. The standard InChI is InChI=1S/C32H37N3O4S/c1-32(2,3)39-31(37)35-17-14-26(15-18-35)38-25-12-10-22(11-13-25)8-9-23-6-5-7-24(20-23)33-30(36)28-21-29-27(34(28)4)16-19-40-29/h5-7,10-13,16,19-21,26H,8-9,14-15,17-18H2,1-4H3,(H,33,36). The van der Waals surface area contributed by atoms with Gasteiger partial charge in [0.1, 0.15) is 23.1 Å². The fourth-order valence-corrected chi connectivity index (χ4v) is 5.82. The third-order valence-corrected chi connectivity index (χ3v) is 7.96. The minimum absolute atomic E-state index is 0.0919. The van der Waals surface area contributed by atoms with Gasteiger partial charge in [0.2, 0.25) is 0 Å². The number of anilines is 1. The zero-order chi connectivity index (χ0) is 28.3. The number of aryl methyl sites for hydroxylation is 3. The van der Waals surface area contributed by atoms with Crippen LogP contribution in [0.3, 0.4) is 0 Å². The van der Waals surface area contributed by atoms with Crippen LogP contribution in [0.4, 0.5) is 10.5 Å². The van der Waals surface area contributed by atoms with Gasteiger partial charge in [-0.15, -0.1) is 11.3 Å². The van der Waals surface area contributed by atoms with Crippen LogP contribution < -0.4 is 10.1 Å². The van der Waals surface area contributed by atoms with Crippen molar-refractivity contribution >= 4 is 39.2 Å². The second-order valence-electron chi connectivity index (χ2n) is 11.3. The van der Waals surface area contributed by atoms with Gasteiger partial charge in [0.25, 0.3) is 5.91 Å². The Bertz CT molecular complexity index is 1470. The molecule has 0 bridgehead atoms. The summed E-state index contributed by atoms with van der Waals surface area (Å²) in [7, 11) is 1.92. The number of carbonyl (C=O) groups is 2. The molecule has 1 fully saturated rings. The SMILES string of the molecule is Cn1c(C(=O)Nc2cccc(CCc3ccc(OC4CCN(C(=O)OC(C)(C)C)CC4)cc3)c2)cc2sccc21. The number of nitrogens with zero attached hydrogens (tertiary/aromatic N) is 2. The minimum atomic E-state index is -0.481. The molecular weight excluding hydrogens is 522 g/mol. The van der Waals surface area contributed by atoms with Gasteiger partial charge in [0, 0.05) is 38.7 Å². The fraction of sp³-hybridized carbons (Fsp3) is 0.375. The number of amides is 2. The predicted octanol–water partition coefficient (Wildman–Crippen LogP) is 7.06. The van der Waals surface area contributed by atoms with Crippen molar-refractivity contribution in [1.82, 2.24) is 9.47 Å². The third kappa shape index (κ3) is 6.86. The normalized spacial score (nSPS) is 14.3. The summed E-state index contributed by atoms with van der Waals surface area (Å²) in [6, 6.07) is 20.3. The molecule has 7 nitrogen and oxygen atoms in total. The van der Waals surface area contributed by atoms with Crippen LogP contribution >= 0.6 is 11.3 Å². The van der Waals surface area contributed by atoms with Crippen LogP contribution in [0.5, 0.6) is 5.75 Å². The number of piperidine rings is 1. The molecule has 2 aromatic heterocycles. The van der Waals surface area contributed by atoms with Crippen molar-refractivity contribution in [3.05, 3.63) is 82.9 Å². The van der Waals surface area contributed by atoms with Crippen LogP contribution in [-0.4, -0.2) is 46.3 Å². The smallest absolute Gasteiger partial charge is 0.410 e. The minimum Gasteiger partial charge on any atom is -0.490 e. The highest BCUT2D eigenvalue weighted by Crippen LogP contribution is 2.25. The van der Waals surface area contributed by atoms with Gasteiger partial charge in [-0.05, 0) is 86.5 Å². The van der Waals surface area contributed by atoms with E-state index in [4.69, 9.17) is 9.47 Å². The molecule has 0 aliphatic carbocycles. The summed E-state index contributed by atoms with van der Waals surface area (Å²) in [6.07, 6.45) is 3.17. The number of likely N-dealkylation sites (tertiary alicyclic amines) is 1. The second kappa shape index (κ2) is 11.8. The zero-order valence-corrected chi connectivity index (χ0v) is 24.4. The number of thiophene rings is 1. The summed E-state index contributed by atoms with van der Waals surface area (Å²) in [5, 5.41) is 5.09. The molecular formula is C32H37N3O4S. The van der Waals surface area contributed by atoms with Gasteiger partial charge in [-0.1, -0.05) is 24.3 Å². The molecule has 1 aliphatic rings. The lowest BCUT2D eigenvalue weighted by atomic mass is 10.0. The fourth-order valence-electron chi connectivity index (χ4n) is 4.97. The van der Waals surface area contributed by atoms with Crippen molar-refractivity contribution in [3.63, 3.8) is 0 Å². The average Bonchev–Trinajstić information content (AvgIpc) is 3.51. The van der Waals surface area contributed by atoms with Crippen LogP contribution in [0.2, 0.25) is 0 Å². The maximum absolute atomic E-state index is 12.9. The molecule has 8 heteroatoms. The van der Waals surface area contributed by atoms with Crippen LogP contribution in [0.15, 0.2) is 66.0 Å². The number of hydrogen-bond donors (Lipinski definition) is 1. The summed E-state index contributed by atoms with van der Waals surface area (Å²) < 4.78 is 14.7. The van der Waals surface area contributed by atoms with Gasteiger partial charge in [-0.25, -0.2) is 4.79 Å². The third-order valence-electron chi connectivity index (χ3n) is 7.10. The topological polar surface area (TPSA) is 72.8 Å². The molecule has 1 saturated heterocycles. The van der Waals surface area contributed by atoms with Crippen molar-refractivity contribution in [3.8, 4) is 5.75 Å². The number of benzene rings is 2. The summed E-state index contributed by atoms with van der Waals surface area (Å²) >= 11 is 1.64. The summed E-state index contributed by atoms with van der Waals surface area (Å²) in [6.45, 7) is 6.93. The number of hydrogen-bond acceptors (Lipinski definition) is 5. The molecule has 5 rings (SSSR count). The Hall–Kier alpha value is -3.78. The van der Waals surface area contributed by atoms with Crippen LogP contribution in [0.1, 0.15) is 55.2 Å². The molecule has 0 saturated carbocycles. The maximum atomic E-state index is 12.9. The predicted molar refractivity (Wildman–Crippen MR) is 160 cm³/mol. The maximum Gasteiger partial charge on any atom is 0.410 e. The van der Waals surface area contributed by atoms with E-state index in [1.165, 1.54) is 11.1 Å². The van der Waals surface area contributed by atoms with Crippen molar-refractivity contribution < 1.29 is 19.1 Å².